The van der Waals surface area contributed by atoms with E-state index >= 15 is 0 Å². The Balaban J connectivity index is 2.02. The number of hydrogen-bond donors (Lipinski definition) is 0. The van der Waals surface area contributed by atoms with E-state index < -0.39 is 6.36 Å². The lowest BCUT2D eigenvalue weighted by atomic mass is 9.90. The molecule has 0 amide bonds. The van der Waals surface area contributed by atoms with E-state index in [1.165, 1.54) is 0 Å². The lowest BCUT2D eigenvalue weighted by Crippen LogP contribution is -2.59. The molecule has 0 saturated carbocycles. The lowest BCUT2D eigenvalue weighted by Gasteiger charge is -2.49. The van der Waals surface area contributed by atoms with E-state index in [9.17, 15) is 4.39 Å². The summed E-state index contributed by atoms with van der Waals surface area (Å²) in [5.74, 6) is 0. The number of halogens is 1. The Hall–Kier alpha value is -0.150. The molecule has 2 bridgehead atoms. The van der Waals surface area contributed by atoms with Gasteiger partial charge < -0.3 is 4.74 Å². The Morgan fingerprint density at radius 3 is 2.75 bits per heavy atom. The Morgan fingerprint density at radius 2 is 2.08 bits per heavy atom. The fraction of sp³-hybridized carbons (Fsp3) is 1.00. The number of fused-ring (bicyclic) bond motifs is 3. The molecule has 3 fully saturated rings. The Kier molecular flexibility index (Phi) is 2.09. The van der Waals surface area contributed by atoms with Crippen molar-refractivity contribution in [3.63, 3.8) is 0 Å². The summed E-state index contributed by atoms with van der Waals surface area (Å²) in [7, 11) is 0. The van der Waals surface area contributed by atoms with Gasteiger partial charge in [0.1, 0.15) is 0 Å². The molecule has 0 aromatic carbocycles. The van der Waals surface area contributed by atoms with Crippen LogP contribution in [0.3, 0.4) is 0 Å². The zero-order chi connectivity index (χ0) is 8.72. The second-order valence-electron chi connectivity index (χ2n) is 4.06. The van der Waals surface area contributed by atoms with Crippen LogP contribution in [0.5, 0.6) is 0 Å². The van der Waals surface area contributed by atoms with Gasteiger partial charge in [-0.1, -0.05) is 0 Å². The molecule has 3 aliphatic heterocycles. The lowest BCUT2D eigenvalue weighted by molar-refractivity contribution is -0.0424. The molecular formula is C9H16FNO. The minimum atomic E-state index is -1.02. The van der Waals surface area contributed by atoms with E-state index in [0.29, 0.717) is 31.2 Å². The van der Waals surface area contributed by atoms with Gasteiger partial charge in [-0.05, 0) is 20.3 Å². The monoisotopic (exact) mass is 173 g/mol. The second kappa shape index (κ2) is 2.96. The average molecular weight is 173 g/mol. The Labute approximate surface area is 72.7 Å². The van der Waals surface area contributed by atoms with Crippen molar-refractivity contribution in [3.8, 4) is 0 Å². The maximum absolute atomic E-state index is 12.9. The molecule has 3 rings (SSSR count). The van der Waals surface area contributed by atoms with Gasteiger partial charge in [-0.3, -0.25) is 4.90 Å². The topological polar surface area (TPSA) is 12.5 Å². The highest BCUT2D eigenvalue weighted by Gasteiger charge is 2.43. The molecule has 0 N–H and O–H groups in total. The number of hydrogen-bond acceptors (Lipinski definition) is 2. The molecule has 0 aromatic rings. The first-order valence-corrected chi connectivity index (χ1v) is 4.71. The van der Waals surface area contributed by atoms with Crippen molar-refractivity contribution in [3.05, 3.63) is 0 Å². The van der Waals surface area contributed by atoms with Gasteiger partial charge in [0.15, 0.2) is 6.36 Å². The highest BCUT2D eigenvalue weighted by Crippen LogP contribution is 2.35. The van der Waals surface area contributed by atoms with Crippen LogP contribution in [0.4, 0.5) is 4.39 Å². The smallest absolute Gasteiger partial charge is 0.200 e. The SMILES string of the molecule is CC(C)N1C2COC(F)CC1C2. The van der Waals surface area contributed by atoms with Crippen LogP contribution >= 0.6 is 0 Å². The van der Waals surface area contributed by atoms with Crippen LogP contribution in [0, 0.1) is 0 Å². The van der Waals surface area contributed by atoms with Crippen molar-refractivity contribution in [2.45, 2.75) is 51.2 Å². The van der Waals surface area contributed by atoms with Gasteiger partial charge in [0, 0.05) is 24.5 Å². The van der Waals surface area contributed by atoms with E-state index in [2.05, 4.69) is 18.7 Å². The molecule has 2 nitrogen and oxygen atoms in total. The van der Waals surface area contributed by atoms with Crippen LogP contribution in [0.15, 0.2) is 0 Å². The maximum Gasteiger partial charge on any atom is 0.200 e. The standard InChI is InChI=1S/C9H16FNO/c1-6(2)11-7-3-8(11)5-12-9(10)4-7/h6-9H,3-5H2,1-2H3. The van der Waals surface area contributed by atoms with Crippen LogP contribution in [-0.4, -0.2) is 36.0 Å². The van der Waals surface area contributed by atoms with Crippen molar-refractivity contribution in [2.75, 3.05) is 6.61 Å². The summed E-state index contributed by atoms with van der Waals surface area (Å²) < 4.78 is 17.9. The van der Waals surface area contributed by atoms with Crippen molar-refractivity contribution in [2.24, 2.45) is 0 Å². The zero-order valence-corrected chi connectivity index (χ0v) is 7.66. The molecule has 12 heavy (non-hydrogen) atoms. The molecule has 0 aliphatic carbocycles. The van der Waals surface area contributed by atoms with Crippen LogP contribution in [-0.2, 0) is 4.74 Å². The molecule has 0 spiro atoms. The number of nitrogens with zero attached hydrogens (tertiary/aromatic N) is 1. The zero-order valence-electron chi connectivity index (χ0n) is 7.66. The molecule has 3 saturated heterocycles. The average Bonchev–Trinajstić information content (AvgIpc) is 2.16. The summed E-state index contributed by atoms with van der Waals surface area (Å²) in [6.45, 7) is 4.91. The minimum Gasteiger partial charge on any atom is -0.346 e. The normalized spacial score (nSPS) is 42.5. The molecule has 3 unspecified atom stereocenters. The Bertz CT molecular complexity index is 174. The third-order valence-corrected chi connectivity index (χ3v) is 2.91. The number of rotatable bonds is 1. The molecule has 3 heterocycles. The van der Waals surface area contributed by atoms with Crippen LogP contribution in [0.2, 0.25) is 0 Å². The van der Waals surface area contributed by atoms with E-state index in [1.807, 2.05) is 0 Å². The molecule has 3 aliphatic rings. The van der Waals surface area contributed by atoms with Gasteiger partial charge in [0.25, 0.3) is 0 Å². The summed E-state index contributed by atoms with van der Waals surface area (Å²) in [6, 6.07) is 1.45. The predicted molar refractivity (Wildman–Crippen MR) is 44.6 cm³/mol. The van der Waals surface area contributed by atoms with Crippen LogP contribution < -0.4 is 0 Å². The first-order chi connectivity index (χ1) is 5.68. The van der Waals surface area contributed by atoms with E-state index in [4.69, 9.17) is 4.74 Å². The summed E-state index contributed by atoms with van der Waals surface area (Å²) in [4.78, 5) is 2.37. The molecule has 0 aromatic heterocycles. The van der Waals surface area contributed by atoms with Crippen molar-refractivity contribution >= 4 is 0 Å². The van der Waals surface area contributed by atoms with Crippen LogP contribution in [0.25, 0.3) is 0 Å². The van der Waals surface area contributed by atoms with E-state index in [0.717, 1.165) is 6.42 Å². The van der Waals surface area contributed by atoms with Gasteiger partial charge in [-0.2, -0.15) is 0 Å². The minimum absolute atomic E-state index is 0.437. The van der Waals surface area contributed by atoms with Gasteiger partial charge in [0.05, 0.1) is 6.61 Å². The largest absolute Gasteiger partial charge is 0.346 e. The molecule has 3 heteroatoms. The van der Waals surface area contributed by atoms with Crippen molar-refractivity contribution < 1.29 is 9.13 Å². The first kappa shape index (κ1) is 8.45. The maximum atomic E-state index is 12.9. The fourth-order valence-electron chi connectivity index (χ4n) is 2.43. The third kappa shape index (κ3) is 1.25. The van der Waals surface area contributed by atoms with E-state index in [1.54, 1.807) is 0 Å². The quantitative estimate of drug-likeness (QED) is 0.596. The summed E-state index contributed by atoms with van der Waals surface area (Å²) in [5, 5.41) is 0. The third-order valence-electron chi connectivity index (χ3n) is 2.91. The van der Waals surface area contributed by atoms with Crippen LogP contribution in [0.1, 0.15) is 26.7 Å². The van der Waals surface area contributed by atoms with Gasteiger partial charge >= 0.3 is 0 Å². The highest BCUT2D eigenvalue weighted by molar-refractivity contribution is 4.96. The molecule has 3 atom stereocenters. The van der Waals surface area contributed by atoms with Crippen molar-refractivity contribution in [1.29, 1.82) is 0 Å². The highest BCUT2D eigenvalue weighted by atomic mass is 19.1. The van der Waals surface area contributed by atoms with E-state index in [-0.39, 0.29) is 0 Å². The van der Waals surface area contributed by atoms with Gasteiger partial charge in [-0.25, -0.2) is 4.39 Å². The van der Waals surface area contributed by atoms with Gasteiger partial charge in [-0.15, -0.1) is 0 Å². The number of ether oxygens (including phenoxy) is 1. The molecule has 70 valence electrons. The summed E-state index contributed by atoms with van der Waals surface area (Å²) in [5.41, 5.74) is 0. The molecule has 0 radical (unpaired) electrons. The number of alkyl halides is 1. The molecular weight excluding hydrogens is 157 g/mol. The predicted octanol–water partition coefficient (Wildman–Crippen LogP) is 1.55. The fourth-order valence-corrected chi connectivity index (χ4v) is 2.43. The summed E-state index contributed by atoms with van der Waals surface area (Å²) in [6.07, 6.45) is 0.663. The van der Waals surface area contributed by atoms with Gasteiger partial charge in [0.2, 0.25) is 0 Å². The second-order valence-corrected chi connectivity index (χ2v) is 4.06. The Morgan fingerprint density at radius 1 is 1.33 bits per heavy atom. The van der Waals surface area contributed by atoms with Crippen molar-refractivity contribution in [1.82, 2.24) is 4.90 Å². The summed E-state index contributed by atoms with van der Waals surface area (Å²) >= 11 is 0. The first-order valence-electron chi connectivity index (χ1n) is 4.71.